The Morgan fingerprint density at radius 1 is 1.10 bits per heavy atom. The lowest BCUT2D eigenvalue weighted by Crippen LogP contribution is -2.47. The Morgan fingerprint density at radius 3 is 2.48 bits per heavy atom. The summed E-state index contributed by atoms with van der Waals surface area (Å²) < 4.78 is 10.8. The molecule has 31 heavy (non-hydrogen) atoms. The Morgan fingerprint density at radius 2 is 1.81 bits per heavy atom. The zero-order chi connectivity index (χ0) is 22.1. The van der Waals surface area contributed by atoms with E-state index in [1.807, 2.05) is 47.4 Å². The van der Waals surface area contributed by atoms with Gasteiger partial charge in [0, 0.05) is 25.6 Å². The maximum absolute atomic E-state index is 12.6. The van der Waals surface area contributed by atoms with E-state index in [4.69, 9.17) is 21.1 Å². The van der Waals surface area contributed by atoms with E-state index in [2.05, 4.69) is 5.32 Å². The van der Waals surface area contributed by atoms with Gasteiger partial charge in [0.15, 0.2) is 0 Å². The SMILES string of the molecule is COc1ccc(CC(=O)N2CCC(NC(=O)CCCOc3ccccc3Cl)CC2)cc1. The van der Waals surface area contributed by atoms with Gasteiger partial charge in [-0.3, -0.25) is 9.59 Å². The summed E-state index contributed by atoms with van der Waals surface area (Å²) in [6, 6.07) is 15.0. The smallest absolute Gasteiger partial charge is 0.226 e. The summed E-state index contributed by atoms with van der Waals surface area (Å²) in [5.41, 5.74) is 0.972. The first kappa shape index (κ1) is 22.9. The third kappa shape index (κ3) is 7.17. The number of halogens is 1. The standard InChI is InChI=1S/C24H29ClN2O4/c1-30-20-10-8-18(9-11-20)17-24(29)27-14-12-19(13-15-27)26-23(28)7-4-16-31-22-6-3-2-5-21(22)25/h2-3,5-6,8-11,19H,4,7,12-17H2,1H3,(H,26,28). The maximum Gasteiger partial charge on any atom is 0.226 e. The number of likely N-dealkylation sites (tertiary alicyclic amines) is 1. The molecule has 0 saturated carbocycles. The number of carbonyl (C=O) groups excluding carboxylic acids is 2. The molecule has 0 radical (unpaired) electrons. The molecule has 0 unspecified atom stereocenters. The van der Waals surface area contributed by atoms with E-state index in [0.29, 0.717) is 49.7 Å². The number of hydrogen-bond acceptors (Lipinski definition) is 4. The third-order valence-electron chi connectivity index (χ3n) is 5.37. The molecule has 1 aliphatic heterocycles. The van der Waals surface area contributed by atoms with Gasteiger partial charge in [0.2, 0.25) is 11.8 Å². The van der Waals surface area contributed by atoms with Crippen LogP contribution in [0.15, 0.2) is 48.5 Å². The van der Waals surface area contributed by atoms with E-state index < -0.39 is 0 Å². The molecule has 166 valence electrons. The fourth-order valence-corrected chi connectivity index (χ4v) is 3.77. The number of methoxy groups -OCH3 is 1. The summed E-state index contributed by atoms with van der Waals surface area (Å²) in [6.45, 7) is 1.76. The molecule has 1 heterocycles. The highest BCUT2D eigenvalue weighted by atomic mass is 35.5. The Labute approximate surface area is 188 Å². The van der Waals surface area contributed by atoms with Crippen LogP contribution < -0.4 is 14.8 Å². The topological polar surface area (TPSA) is 67.9 Å². The maximum atomic E-state index is 12.6. The third-order valence-corrected chi connectivity index (χ3v) is 5.68. The van der Waals surface area contributed by atoms with Gasteiger partial charge in [-0.05, 0) is 49.1 Å². The normalized spacial score (nSPS) is 14.2. The molecule has 2 aromatic rings. The average Bonchev–Trinajstić information content (AvgIpc) is 2.79. The van der Waals surface area contributed by atoms with Crippen molar-refractivity contribution in [3.63, 3.8) is 0 Å². The van der Waals surface area contributed by atoms with E-state index in [1.54, 1.807) is 13.2 Å². The predicted octanol–water partition coefficient (Wildman–Crippen LogP) is 3.86. The molecule has 3 rings (SSSR count). The average molecular weight is 445 g/mol. The fraction of sp³-hybridized carbons (Fsp3) is 0.417. The molecular weight excluding hydrogens is 416 g/mol. The first-order valence-corrected chi connectivity index (χ1v) is 11.0. The van der Waals surface area contributed by atoms with E-state index in [0.717, 1.165) is 24.2 Å². The van der Waals surface area contributed by atoms with E-state index in [9.17, 15) is 9.59 Å². The van der Waals surface area contributed by atoms with Gasteiger partial charge >= 0.3 is 0 Å². The molecule has 0 bridgehead atoms. The van der Waals surface area contributed by atoms with Crippen LogP contribution in [0.3, 0.4) is 0 Å². The Hall–Kier alpha value is -2.73. The molecule has 6 nitrogen and oxygen atoms in total. The Bertz CT molecular complexity index is 864. The zero-order valence-corrected chi connectivity index (χ0v) is 18.6. The van der Waals surface area contributed by atoms with Crippen LogP contribution in [0.4, 0.5) is 0 Å². The minimum absolute atomic E-state index is 0.0192. The summed E-state index contributed by atoms with van der Waals surface area (Å²) >= 11 is 6.05. The lowest BCUT2D eigenvalue weighted by Gasteiger charge is -2.32. The molecule has 1 fully saturated rings. The minimum atomic E-state index is 0.0192. The lowest BCUT2D eigenvalue weighted by atomic mass is 10.0. The summed E-state index contributed by atoms with van der Waals surface area (Å²) in [7, 11) is 1.62. The van der Waals surface area contributed by atoms with Crippen molar-refractivity contribution in [2.75, 3.05) is 26.8 Å². The molecule has 0 aromatic heterocycles. The fourth-order valence-electron chi connectivity index (χ4n) is 3.58. The molecule has 1 aliphatic rings. The molecule has 0 aliphatic carbocycles. The van der Waals surface area contributed by atoms with Crippen LogP contribution in [-0.2, 0) is 16.0 Å². The number of hydrogen-bond donors (Lipinski definition) is 1. The number of nitrogens with one attached hydrogen (secondary N) is 1. The van der Waals surface area contributed by atoms with Gasteiger partial charge in [-0.25, -0.2) is 0 Å². The van der Waals surface area contributed by atoms with Crippen molar-refractivity contribution < 1.29 is 19.1 Å². The highest BCUT2D eigenvalue weighted by Gasteiger charge is 2.23. The molecule has 1 N–H and O–H groups in total. The number of ether oxygens (including phenoxy) is 2. The van der Waals surface area contributed by atoms with Crippen LogP contribution in [0.1, 0.15) is 31.2 Å². The summed E-state index contributed by atoms with van der Waals surface area (Å²) in [6.07, 6.45) is 2.95. The summed E-state index contributed by atoms with van der Waals surface area (Å²) in [5.74, 6) is 1.55. The second kappa shape index (κ2) is 11.6. The number of carbonyl (C=O) groups is 2. The highest BCUT2D eigenvalue weighted by Crippen LogP contribution is 2.23. The molecule has 0 atom stereocenters. The van der Waals surface area contributed by atoms with Crippen LogP contribution in [-0.4, -0.2) is 49.6 Å². The Balaban J connectivity index is 1.32. The lowest BCUT2D eigenvalue weighted by molar-refractivity contribution is -0.131. The Kier molecular flexibility index (Phi) is 8.59. The van der Waals surface area contributed by atoms with E-state index >= 15 is 0 Å². The van der Waals surface area contributed by atoms with Crippen LogP contribution >= 0.6 is 11.6 Å². The minimum Gasteiger partial charge on any atom is -0.497 e. The number of amides is 2. The summed E-state index contributed by atoms with van der Waals surface area (Å²) in [4.78, 5) is 26.6. The van der Waals surface area contributed by atoms with Gasteiger partial charge in [0.05, 0.1) is 25.2 Å². The van der Waals surface area contributed by atoms with Crippen LogP contribution in [0, 0.1) is 0 Å². The van der Waals surface area contributed by atoms with Crippen molar-refractivity contribution in [2.45, 2.75) is 38.1 Å². The first-order valence-electron chi connectivity index (χ1n) is 10.6. The number of rotatable bonds is 9. The van der Waals surface area contributed by atoms with Gasteiger partial charge < -0.3 is 19.7 Å². The van der Waals surface area contributed by atoms with Gasteiger partial charge in [-0.2, -0.15) is 0 Å². The van der Waals surface area contributed by atoms with Crippen molar-refractivity contribution in [1.82, 2.24) is 10.2 Å². The van der Waals surface area contributed by atoms with E-state index in [-0.39, 0.29) is 17.9 Å². The molecule has 7 heteroatoms. The highest BCUT2D eigenvalue weighted by molar-refractivity contribution is 6.32. The second-order valence-corrected chi connectivity index (χ2v) is 8.04. The number of benzene rings is 2. The summed E-state index contributed by atoms with van der Waals surface area (Å²) in [5, 5.41) is 3.65. The molecule has 2 aromatic carbocycles. The quantitative estimate of drug-likeness (QED) is 0.596. The van der Waals surface area contributed by atoms with Gasteiger partial charge in [0.1, 0.15) is 11.5 Å². The van der Waals surface area contributed by atoms with Crippen molar-refractivity contribution >= 4 is 23.4 Å². The van der Waals surface area contributed by atoms with Gasteiger partial charge in [-0.15, -0.1) is 0 Å². The van der Waals surface area contributed by atoms with Crippen LogP contribution in [0.2, 0.25) is 5.02 Å². The molecule has 1 saturated heterocycles. The monoisotopic (exact) mass is 444 g/mol. The number of piperidine rings is 1. The number of para-hydroxylation sites is 1. The molecular formula is C24H29ClN2O4. The van der Waals surface area contributed by atoms with Crippen molar-refractivity contribution in [1.29, 1.82) is 0 Å². The second-order valence-electron chi connectivity index (χ2n) is 7.63. The number of nitrogens with zero attached hydrogens (tertiary/aromatic N) is 1. The molecule has 0 spiro atoms. The van der Waals surface area contributed by atoms with Crippen molar-refractivity contribution in [3.05, 3.63) is 59.1 Å². The van der Waals surface area contributed by atoms with Gasteiger partial charge in [-0.1, -0.05) is 35.9 Å². The molecule has 2 amide bonds. The predicted molar refractivity (Wildman–Crippen MR) is 121 cm³/mol. The largest absolute Gasteiger partial charge is 0.497 e. The zero-order valence-electron chi connectivity index (χ0n) is 17.8. The van der Waals surface area contributed by atoms with E-state index in [1.165, 1.54) is 0 Å². The van der Waals surface area contributed by atoms with Crippen molar-refractivity contribution in [2.24, 2.45) is 0 Å². The van der Waals surface area contributed by atoms with Crippen LogP contribution in [0.5, 0.6) is 11.5 Å². The van der Waals surface area contributed by atoms with Crippen molar-refractivity contribution in [3.8, 4) is 11.5 Å². The van der Waals surface area contributed by atoms with Crippen LogP contribution in [0.25, 0.3) is 0 Å². The first-order chi connectivity index (χ1) is 15.0. The van der Waals surface area contributed by atoms with Gasteiger partial charge in [0.25, 0.3) is 0 Å².